The number of hydrogen-bond acceptors (Lipinski definition) is 4. The SMILES string of the molecule is O=C(COc1ccc(Cl)cc1)NCC(=O)N/N=C\c1ccc(Cl)cc1. The molecule has 0 spiro atoms. The van der Waals surface area contributed by atoms with Crippen molar-refractivity contribution in [3.8, 4) is 5.75 Å². The minimum Gasteiger partial charge on any atom is -0.484 e. The zero-order chi connectivity index (χ0) is 18.1. The smallest absolute Gasteiger partial charge is 0.259 e. The molecule has 0 saturated heterocycles. The van der Waals surface area contributed by atoms with Crippen molar-refractivity contribution in [1.29, 1.82) is 0 Å². The molecule has 2 N–H and O–H groups in total. The first-order valence-electron chi connectivity index (χ1n) is 7.25. The van der Waals surface area contributed by atoms with Crippen molar-refractivity contribution < 1.29 is 14.3 Å². The van der Waals surface area contributed by atoms with E-state index in [1.165, 1.54) is 6.21 Å². The molecule has 130 valence electrons. The van der Waals surface area contributed by atoms with Gasteiger partial charge in [0.05, 0.1) is 12.8 Å². The molecule has 0 aliphatic rings. The monoisotopic (exact) mass is 379 g/mol. The molecule has 0 radical (unpaired) electrons. The van der Waals surface area contributed by atoms with Crippen LogP contribution >= 0.6 is 23.2 Å². The number of rotatable bonds is 7. The molecule has 8 heteroatoms. The number of carbonyl (C=O) groups is 2. The average molecular weight is 380 g/mol. The second-order valence-corrected chi connectivity index (χ2v) is 5.74. The van der Waals surface area contributed by atoms with Crippen molar-refractivity contribution in [2.24, 2.45) is 5.10 Å². The third kappa shape index (κ3) is 7.24. The Balaban J connectivity index is 1.66. The van der Waals surface area contributed by atoms with E-state index < -0.39 is 11.8 Å². The molecular weight excluding hydrogens is 365 g/mol. The van der Waals surface area contributed by atoms with Crippen molar-refractivity contribution in [1.82, 2.24) is 10.7 Å². The number of nitrogens with one attached hydrogen (secondary N) is 2. The van der Waals surface area contributed by atoms with Gasteiger partial charge >= 0.3 is 0 Å². The topological polar surface area (TPSA) is 79.8 Å². The molecule has 2 aromatic carbocycles. The molecule has 0 bridgehead atoms. The number of carbonyl (C=O) groups excluding carboxylic acids is 2. The fourth-order valence-electron chi connectivity index (χ4n) is 1.68. The molecule has 0 saturated carbocycles. The number of amides is 2. The van der Waals surface area contributed by atoms with E-state index in [-0.39, 0.29) is 13.2 Å². The minimum atomic E-state index is -0.454. The van der Waals surface area contributed by atoms with Crippen LogP contribution in [0.15, 0.2) is 53.6 Å². The average Bonchev–Trinajstić information content (AvgIpc) is 2.61. The molecule has 0 heterocycles. The zero-order valence-corrected chi connectivity index (χ0v) is 14.6. The van der Waals surface area contributed by atoms with E-state index in [1.807, 2.05) is 0 Å². The number of hydrogen-bond donors (Lipinski definition) is 2. The molecule has 25 heavy (non-hydrogen) atoms. The summed E-state index contributed by atoms with van der Waals surface area (Å²) < 4.78 is 5.26. The lowest BCUT2D eigenvalue weighted by Gasteiger charge is -2.07. The van der Waals surface area contributed by atoms with Crippen LogP contribution in [0.3, 0.4) is 0 Å². The van der Waals surface area contributed by atoms with E-state index in [4.69, 9.17) is 27.9 Å². The molecule has 2 amide bonds. The Bertz CT molecular complexity index is 747. The molecule has 0 aliphatic heterocycles. The second-order valence-electron chi connectivity index (χ2n) is 4.86. The van der Waals surface area contributed by atoms with Crippen LogP contribution in [0.5, 0.6) is 5.75 Å². The summed E-state index contributed by atoms with van der Waals surface area (Å²) in [5.41, 5.74) is 3.09. The van der Waals surface area contributed by atoms with Gasteiger partial charge in [0.2, 0.25) is 0 Å². The summed E-state index contributed by atoms with van der Waals surface area (Å²) in [4.78, 5) is 23.2. The first-order chi connectivity index (χ1) is 12.0. The van der Waals surface area contributed by atoms with Gasteiger partial charge in [0.15, 0.2) is 6.61 Å². The number of hydrazone groups is 1. The van der Waals surface area contributed by atoms with Crippen molar-refractivity contribution in [3.63, 3.8) is 0 Å². The fraction of sp³-hybridized carbons (Fsp3) is 0.118. The molecule has 0 unspecified atom stereocenters. The lowest BCUT2D eigenvalue weighted by molar-refractivity contribution is -0.127. The van der Waals surface area contributed by atoms with Crippen molar-refractivity contribution in [2.75, 3.05) is 13.2 Å². The lowest BCUT2D eigenvalue weighted by atomic mass is 10.2. The summed E-state index contributed by atoms with van der Waals surface area (Å²) >= 11 is 11.5. The van der Waals surface area contributed by atoms with E-state index in [2.05, 4.69) is 15.8 Å². The number of halogens is 2. The Hall–Kier alpha value is -2.57. The van der Waals surface area contributed by atoms with Gasteiger partial charge in [0.1, 0.15) is 5.75 Å². The third-order valence-electron chi connectivity index (χ3n) is 2.90. The zero-order valence-electron chi connectivity index (χ0n) is 13.0. The molecule has 0 aliphatic carbocycles. The summed E-state index contributed by atoms with van der Waals surface area (Å²) in [6.07, 6.45) is 1.47. The highest BCUT2D eigenvalue weighted by Crippen LogP contribution is 2.15. The Morgan fingerprint density at radius 1 is 0.960 bits per heavy atom. The van der Waals surface area contributed by atoms with Crippen LogP contribution < -0.4 is 15.5 Å². The van der Waals surface area contributed by atoms with Crippen LogP contribution in [0, 0.1) is 0 Å². The largest absolute Gasteiger partial charge is 0.484 e. The van der Waals surface area contributed by atoms with Gasteiger partial charge in [0.25, 0.3) is 11.8 Å². The normalized spacial score (nSPS) is 10.5. The summed E-state index contributed by atoms with van der Waals surface area (Å²) in [6, 6.07) is 13.5. The molecule has 2 aromatic rings. The molecule has 0 atom stereocenters. The fourth-order valence-corrected chi connectivity index (χ4v) is 1.93. The quantitative estimate of drug-likeness (QED) is 0.573. The number of nitrogens with zero attached hydrogens (tertiary/aromatic N) is 1. The van der Waals surface area contributed by atoms with Crippen LogP contribution in [-0.2, 0) is 9.59 Å². The van der Waals surface area contributed by atoms with E-state index in [9.17, 15) is 9.59 Å². The van der Waals surface area contributed by atoms with Gasteiger partial charge in [-0.2, -0.15) is 5.10 Å². The van der Waals surface area contributed by atoms with Gasteiger partial charge in [0, 0.05) is 10.0 Å². The minimum absolute atomic E-state index is 0.205. The maximum absolute atomic E-state index is 11.6. The standard InChI is InChI=1S/C17H15Cl2N3O3/c18-13-3-1-12(2-4-13)9-21-22-16(23)10-20-17(24)11-25-15-7-5-14(19)6-8-15/h1-9H,10-11H2,(H,20,24)(H,22,23)/b21-9-. The number of benzene rings is 2. The molecule has 6 nitrogen and oxygen atoms in total. The van der Waals surface area contributed by atoms with Gasteiger partial charge in [-0.05, 0) is 42.0 Å². The maximum atomic E-state index is 11.6. The van der Waals surface area contributed by atoms with Gasteiger partial charge in [-0.3, -0.25) is 9.59 Å². The van der Waals surface area contributed by atoms with Crippen LogP contribution in [0.4, 0.5) is 0 Å². The number of ether oxygens (including phenoxy) is 1. The Labute approximate surface area is 154 Å². The van der Waals surface area contributed by atoms with Crippen LogP contribution in [-0.4, -0.2) is 31.2 Å². The van der Waals surface area contributed by atoms with Crippen LogP contribution in [0.2, 0.25) is 10.0 Å². The highest BCUT2D eigenvalue weighted by Gasteiger charge is 2.05. The molecular formula is C17H15Cl2N3O3. The Morgan fingerprint density at radius 2 is 1.56 bits per heavy atom. The third-order valence-corrected chi connectivity index (χ3v) is 3.41. The molecule has 0 aromatic heterocycles. The Kier molecular flexibility index (Phi) is 7.25. The van der Waals surface area contributed by atoms with E-state index in [0.29, 0.717) is 15.8 Å². The van der Waals surface area contributed by atoms with Gasteiger partial charge < -0.3 is 10.1 Å². The first kappa shape index (κ1) is 18.8. The summed E-state index contributed by atoms with van der Waals surface area (Å²) in [5.74, 6) is -0.367. The van der Waals surface area contributed by atoms with E-state index >= 15 is 0 Å². The summed E-state index contributed by atoms with van der Waals surface area (Å²) in [7, 11) is 0. The summed E-state index contributed by atoms with van der Waals surface area (Å²) in [6.45, 7) is -0.413. The van der Waals surface area contributed by atoms with Crippen molar-refractivity contribution in [2.45, 2.75) is 0 Å². The van der Waals surface area contributed by atoms with Gasteiger partial charge in [-0.25, -0.2) is 5.43 Å². The Morgan fingerprint density at radius 3 is 2.20 bits per heavy atom. The highest BCUT2D eigenvalue weighted by atomic mass is 35.5. The van der Waals surface area contributed by atoms with Gasteiger partial charge in [-0.15, -0.1) is 0 Å². The predicted molar refractivity (Wildman–Crippen MR) is 97.1 cm³/mol. The highest BCUT2D eigenvalue weighted by molar-refractivity contribution is 6.30. The van der Waals surface area contributed by atoms with E-state index in [0.717, 1.165) is 5.56 Å². The van der Waals surface area contributed by atoms with Crippen LogP contribution in [0.1, 0.15) is 5.56 Å². The van der Waals surface area contributed by atoms with Crippen molar-refractivity contribution >= 4 is 41.2 Å². The van der Waals surface area contributed by atoms with Crippen molar-refractivity contribution in [3.05, 3.63) is 64.1 Å². The first-order valence-corrected chi connectivity index (χ1v) is 8.01. The lowest BCUT2D eigenvalue weighted by Crippen LogP contribution is -2.37. The van der Waals surface area contributed by atoms with Crippen LogP contribution in [0.25, 0.3) is 0 Å². The predicted octanol–water partition coefficient (Wildman–Crippen LogP) is 2.64. The summed E-state index contributed by atoms with van der Waals surface area (Å²) in [5, 5.41) is 7.41. The molecule has 0 fully saturated rings. The second kappa shape index (κ2) is 9.66. The van der Waals surface area contributed by atoms with E-state index in [1.54, 1.807) is 48.5 Å². The maximum Gasteiger partial charge on any atom is 0.259 e. The molecule has 2 rings (SSSR count). The van der Waals surface area contributed by atoms with Gasteiger partial charge in [-0.1, -0.05) is 35.3 Å².